The summed E-state index contributed by atoms with van der Waals surface area (Å²) >= 11 is 0. The lowest BCUT2D eigenvalue weighted by molar-refractivity contribution is 0.617. The maximum absolute atomic E-state index is 13.0. The highest BCUT2D eigenvalue weighted by Crippen LogP contribution is 2.26. The summed E-state index contributed by atoms with van der Waals surface area (Å²) in [5.41, 5.74) is 2.93. The van der Waals surface area contributed by atoms with Crippen LogP contribution < -0.4 is 10.3 Å². The summed E-state index contributed by atoms with van der Waals surface area (Å²) in [7, 11) is 0.464. The fourth-order valence-corrected chi connectivity index (χ4v) is 3.81. The summed E-state index contributed by atoms with van der Waals surface area (Å²) in [5.74, 6) is 0.507. The molecule has 0 fully saturated rings. The number of aryl methyl sites for hydroxylation is 1. The van der Waals surface area contributed by atoms with E-state index < -0.39 is 15.7 Å². The van der Waals surface area contributed by atoms with Gasteiger partial charge in [0.05, 0.1) is 26.6 Å². The number of fused-ring (bicyclic) bond motifs is 1. The molecule has 2 heterocycles. The van der Waals surface area contributed by atoms with Crippen molar-refractivity contribution in [1.82, 2.24) is 19.3 Å². The second-order valence-electron chi connectivity index (χ2n) is 7.99. The van der Waals surface area contributed by atoms with Gasteiger partial charge in [-0.05, 0) is 63.9 Å². The first-order valence-corrected chi connectivity index (χ1v) is 10.4. The van der Waals surface area contributed by atoms with Crippen LogP contribution in [0.25, 0.3) is 22.4 Å². The fraction of sp³-hybridized carbons (Fsp3) is 0.381. The number of benzene rings is 1. The van der Waals surface area contributed by atoms with Crippen molar-refractivity contribution < 1.29 is 4.21 Å². The minimum atomic E-state index is -1.24. The SMILES string of the molecule is Cc1cc([C@@H](C)NS(=O)C(C)(C)C)c2nc(-c3ccccn3)n(C)c(=O)c2c1. The highest BCUT2D eigenvalue weighted by molar-refractivity contribution is 7.84. The molecule has 0 radical (unpaired) electrons. The predicted octanol–water partition coefficient (Wildman–Crippen LogP) is 3.42. The first-order chi connectivity index (χ1) is 13.1. The van der Waals surface area contributed by atoms with Crippen LogP contribution in [0.2, 0.25) is 0 Å². The van der Waals surface area contributed by atoms with E-state index in [0.29, 0.717) is 22.4 Å². The van der Waals surface area contributed by atoms with Gasteiger partial charge in [-0.25, -0.2) is 13.9 Å². The molecule has 6 nitrogen and oxygen atoms in total. The molecule has 7 heteroatoms. The molecule has 0 saturated carbocycles. The molecule has 1 unspecified atom stereocenters. The van der Waals surface area contributed by atoms with Crippen LogP contribution in [0.1, 0.15) is 44.9 Å². The van der Waals surface area contributed by atoms with Gasteiger partial charge in [0.1, 0.15) is 5.69 Å². The van der Waals surface area contributed by atoms with E-state index >= 15 is 0 Å². The third kappa shape index (κ3) is 3.91. The molecular weight excluding hydrogens is 372 g/mol. The Labute approximate surface area is 167 Å². The summed E-state index contributed by atoms with van der Waals surface area (Å²) in [6.45, 7) is 9.65. The molecule has 3 aromatic rings. The lowest BCUT2D eigenvalue weighted by Gasteiger charge is -2.23. The molecular formula is C21H26N4O2S. The van der Waals surface area contributed by atoms with Crippen LogP contribution in [0, 0.1) is 6.92 Å². The number of pyridine rings is 1. The minimum Gasteiger partial charge on any atom is -0.294 e. The molecule has 0 bridgehead atoms. The third-order valence-electron chi connectivity index (χ3n) is 4.55. The van der Waals surface area contributed by atoms with E-state index in [0.717, 1.165) is 11.1 Å². The van der Waals surface area contributed by atoms with Crippen LogP contribution in [0.4, 0.5) is 0 Å². The van der Waals surface area contributed by atoms with E-state index in [2.05, 4.69) is 9.71 Å². The normalized spacial score (nSPS) is 14.2. The number of aromatic nitrogens is 3. The molecule has 0 aliphatic heterocycles. The quantitative estimate of drug-likeness (QED) is 0.731. The van der Waals surface area contributed by atoms with Crippen LogP contribution in [-0.2, 0) is 18.0 Å². The van der Waals surface area contributed by atoms with Gasteiger partial charge in [-0.2, -0.15) is 0 Å². The van der Waals surface area contributed by atoms with E-state index in [9.17, 15) is 9.00 Å². The Morgan fingerprint density at radius 1 is 1.21 bits per heavy atom. The third-order valence-corrected chi connectivity index (χ3v) is 6.23. The van der Waals surface area contributed by atoms with Gasteiger partial charge in [-0.3, -0.25) is 14.3 Å². The zero-order chi connectivity index (χ0) is 20.6. The molecule has 2 atom stereocenters. The Hall–Kier alpha value is -2.38. The van der Waals surface area contributed by atoms with Crippen molar-refractivity contribution in [2.24, 2.45) is 7.05 Å². The Balaban J connectivity index is 2.22. The van der Waals surface area contributed by atoms with Crippen molar-refractivity contribution >= 4 is 21.9 Å². The van der Waals surface area contributed by atoms with Gasteiger partial charge >= 0.3 is 0 Å². The van der Waals surface area contributed by atoms with E-state index in [1.54, 1.807) is 13.2 Å². The second-order valence-corrected chi connectivity index (χ2v) is 9.98. The molecule has 0 saturated heterocycles. The molecule has 148 valence electrons. The lowest BCUT2D eigenvalue weighted by atomic mass is 10.0. The molecule has 0 amide bonds. The van der Waals surface area contributed by atoms with Crippen molar-refractivity contribution in [3.8, 4) is 11.5 Å². The Kier molecular flexibility index (Phi) is 5.50. The number of hydrogen-bond acceptors (Lipinski definition) is 4. The van der Waals surface area contributed by atoms with Gasteiger partial charge in [0.25, 0.3) is 5.56 Å². The van der Waals surface area contributed by atoms with Crippen molar-refractivity contribution in [3.05, 3.63) is 58.0 Å². The maximum atomic E-state index is 13.0. The molecule has 0 aliphatic carbocycles. The van der Waals surface area contributed by atoms with Crippen LogP contribution in [0.15, 0.2) is 41.3 Å². The molecule has 0 aliphatic rings. The van der Waals surface area contributed by atoms with E-state index in [1.165, 1.54) is 4.57 Å². The summed E-state index contributed by atoms with van der Waals surface area (Å²) in [6, 6.07) is 9.13. The molecule has 1 N–H and O–H groups in total. The smallest absolute Gasteiger partial charge is 0.261 e. The lowest BCUT2D eigenvalue weighted by Crippen LogP contribution is -2.35. The monoisotopic (exact) mass is 398 g/mol. The largest absolute Gasteiger partial charge is 0.294 e. The van der Waals surface area contributed by atoms with Crippen molar-refractivity contribution in [2.75, 3.05) is 0 Å². The predicted molar refractivity (Wildman–Crippen MR) is 114 cm³/mol. The van der Waals surface area contributed by atoms with Crippen LogP contribution >= 0.6 is 0 Å². The molecule has 28 heavy (non-hydrogen) atoms. The summed E-state index contributed by atoms with van der Waals surface area (Å²) in [4.78, 5) is 22.2. The highest BCUT2D eigenvalue weighted by Gasteiger charge is 2.24. The van der Waals surface area contributed by atoms with E-state index in [-0.39, 0.29) is 11.6 Å². The maximum Gasteiger partial charge on any atom is 0.261 e. The molecule has 0 spiro atoms. The summed E-state index contributed by atoms with van der Waals surface area (Å²) in [6.07, 6.45) is 1.68. The number of nitrogens with one attached hydrogen (secondary N) is 1. The van der Waals surface area contributed by atoms with Gasteiger partial charge in [-0.1, -0.05) is 12.1 Å². The average molecular weight is 399 g/mol. The van der Waals surface area contributed by atoms with Crippen molar-refractivity contribution in [3.63, 3.8) is 0 Å². The zero-order valence-electron chi connectivity index (χ0n) is 17.1. The molecule has 1 aromatic carbocycles. The Bertz CT molecular complexity index is 1100. The summed E-state index contributed by atoms with van der Waals surface area (Å²) < 4.78 is 16.9. The molecule has 3 rings (SSSR count). The van der Waals surface area contributed by atoms with Gasteiger partial charge < -0.3 is 0 Å². The number of nitrogens with zero attached hydrogens (tertiary/aromatic N) is 3. The zero-order valence-corrected chi connectivity index (χ0v) is 17.9. The first kappa shape index (κ1) is 20.4. The topological polar surface area (TPSA) is 76.9 Å². The minimum absolute atomic E-state index is 0.125. The molecule has 2 aromatic heterocycles. The Morgan fingerprint density at radius 3 is 2.54 bits per heavy atom. The number of rotatable bonds is 4. The number of hydrogen-bond donors (Lipinski definition) is 1. The highest BCUT2D eigenvalue weighted by atomic mass is 32.2. The average Bonchev–Trinajstić information content (AvgIpc) is 2.64. The van der Waals surface area contributed by atoms with E-state index in [4.69, 9.17) is 4.98 Å². The van der Waals surface area contributed by atoms with E-state index in [1.807, 2.05) is 65.0 Å². The Morgan fingerprint density at radius 2 is 1.93 bits per heavy atom. The van der Waals surface area contributed by atoms with Crippen LogP contribution in [0.5, 0.6) is 0 Å². The van der Waals surface area contributed by atoms with Gasteiger partial charge in [0, 0.05) is 19.3 Å². The summed E-state index contributed by atoms with van der Waals surface area (Å²) in [5, 5.41) is 0.548. The second kappa shape index (κ2) is 7.56. The van der Waals surface area contributed by atoms with Gasteiger partial charge in [0.15, 0.2) is 5.82 Å². The fourth-order valence-electron chi connectivity index (χ4n) is 3.01. The van der Waals surface area contributed by atoms with Crippen LogP contribution in [-0.4, -0.2) is 23.5 Å². The van der Waals surface area contributed by atoms with Crippen molar-refractivity contribution in [1.29, 1.82) is 0 Å². The van der Waals surface area contributed by atoms with Gasteiger partial charge in [-0.15, -0.1) is 0 Å². The first-order valence-electron chi connectivity index (χ1n) is 9.20. The standard InChI is InChI=1S/C21H26N4O2S/c1-13-11-15(14(2)24-28(27)21(3,4)5)18-16(12-13)20(26)25(6)19(23-18)17-9-7-8-10-22-17/h7-12,14,24H,1-6H3/t14-,28?/m1/s1. The van der Waals surface area contributed by atoms with Crippen LogP contribution in [0.3, 0.4) is 0 Å². The van der Waals surface area contributed by atoms with Gasteiger partial charge in [0.2, 0.25) is 0 Å². The van der Waals surface area contributed by atoms with Crippen molar-refractivity contribution in [2.45, 2.75) is 45.4 Å².